The van der Waals surface area contributed by atoms with E-state index in [1.807, 2.05) is 6.92 Å². The molecule has 0 aromatic carbocycles. The quantitative estimate of drug-likeness (QED) is 0.337. The van der Waals surface area contributed by atoms with Crippen molar-refractivity contribution >= 4 is 13.1 Å². The van der Waals surface area contributed by atoms with Crippen LogP contribution in [-0.4, -0.2) is 19.7 Å². The van der Waals surface area contributed by atoms with Gasteiger partial charge in [0.1, 0.15) is 0 Å². The first-order valence-corrected chi connectivity index (χ1v) is 7.51. The van der Waals surface area contributed by atoms with E-state index in [1.54, 1.807) is 0 Å². The molecule has 0 aliphatic heterocycles. The van der Waals surface area contributed by atoms with Crippen LogP contribution in [0.15, 0.2) is 0 Å². The van der Waals surface area contributed by atoms with Crippen LogP contribution < -0.4 is 18.9 Å². The van der Waals surface area contributed by atoms with Gasteiger partial charge in [-0.3, -0.25) is 0 Å². The Morgan fingerprint density at radius 1 is 1.30 bits per heavy atom. The normalized spacial score (nSPS) is 8.80. The van der Waals surface area contributed by atoms with Gasteiger partial charge in [0.2, 0.25) is 13.1 Å². The standard InChI is InChI=1S/C4H5O.3CH3.Al.Li/c1-3-5-4-2;;;;;/h3H2,1H3;3*1H3;;/q;;;;-1;+1. The zero-order valence-electron chi connectivity index (χ0n) is 7.69. The van der Waals surface area contributed by atoms with Crippen LogP contribution in [0.4, 0.5) is 0 Å². The maximum atomic E-state index is 4.89. The Balaban J connectivity index is 0. The van der Waals surface area contributed by atoms with Crippen LogP contribution in [-0.2, 0) is 4.74 Å². The van der Waals surface area contributed by atoms with Gasteiger partial charge in [-0.25, -0.2) is 0 Å². The van der Waals surface area contributed by atoms with E-state index in [0.717, 1.165) is 0 Å². The first-order chi connectivity index (χ1) is 4.06. The number of ether oxygens (including phenoxy) is 1. The van der Waals surface area contributed by atoms with Crippen molar-refractivity contribution in [2.24, 2.45) is 0 Å². The van der Waals surface area contributed by atoms with Gasteiger partial charge in [0, 0.05) is 0 Å². The fourth-order valence-corrected chi connectivity index (χ4v) is 0.727. The van der Waals surface area contributed by atoms with Crippen molar-refractivity contribution in [2.45, 2.75) is 24.3 Å². The Labute approximate surface area is 78.4 Å². The van der Waals surface area contributed by atoms with Gasteiger partial charge in [-0.15, -0.1) is 0 Å². The van der Waals surface area contributed by atoms with Crippen molar-refractivity contribution in [1.29, 1.82) is 0 Å². The minimum absolute atomic E-state index is 0. The van der Waals surface area contributed by atoms with Gasteiger partial charge in [0.15, 0.2) is 0 Å². The molecule has 1 nitrogen and oxygen atoms in total. The molecule has 0 radical (unpaired) electrons. The fraction of sp³-hybridized carbons (Fsp3) is 0.714. The Morgan fingerprint density at radius 2 is 1.80 bits per heavy atom. The predicted octanol–water partition coefficient (Wildman–Crippen LogP) is -1.13. The number of hydrogen-bond donors (Lipinski definition) is 0. The molecule has 52 valence electrons. The maximum Gasteiger partial charge on any atom is 1.00 e. The first-order valence-electron chi connectivity index (χ1n) is 3.47. The molecule has 3 heteroatoms. The molecule has 0 aliphatic rings. The molecular formula is C7H14AlLiO. The van der Waals surface area contributed by atoms with Crippen molar-refractivity contribution in [3.63, 3.8) is 0 Å². The van der Waals surface area contributed by atoms with Crippen molar-refractivity contribution in [1.82, 2.24) is 0 Å². The second-order valence-electron chi connectivity index (χ2n) is 3.28. The van der Waals surface area contributed by atoms with E-state index in [-0.39, 0.29) is 18.9 Å². The zero-order chi connectivity index (χ0) is 7.33. The molecule has 0 atom stereocenters. The van der Waals surface area contributed by atoms with Crippen LogP contribution in [0.2, 0.25) is 17.4 Å². The molecule has 0 N–H and O–H groups in total. The molecule has 0 bridgehead atoms. The largest absolute Gasteiger partial charge is 1.00 e. The summed E-state index contributed by atoms with van der Waals surface area (Å²) in [6.07, 6.45) is 2.70. The minimum Gasteiger partial charge on any atom is -0.450 e. The molecule has 0 saturated carbocycles. The average molecular weight is 148 g/mol. The van der Waals surface area contributed by atoms with Crippen LogP contribution in [0.25, 0.3) is 0 Å². The van der Waals surface area contributed by atoms with E-state index in [4.69, 9.17) is 4.74 Å². The summed E-state index contributed by atoms with van der Waals surface area (Å²) in [4.78, 5) is 3.12. The Morgan fingerprint density at radius 3 is 2.10 bits per heavy atom. The summed E-state index contributed by atoms with van der Waals surface area (Å²) in [5.41, 5.74) is 0. The van der Waals surface area contributed by atoms with Crippen LogP contribution in [0.3, 0.4) is 0 Å². The van der Waals surface area contributed by atoms with Crippen molar-refractivity contribution in [3.05, 3.63) is 0 Å². The van der Waals surface area contributed by atoms with Crippen LogP contribution in [0.1, 0.15) is 6.92 Å². The van der Waals surface area contributed by atoms with Crippen molar-refractivity contribution in [2.75, 3.05) is 6.61 Å². The third kappa shape index (κ3) is 11.3. The van der Waals surface area contributed by atoms with Gasteiger partial charge in [-0.05, 0) is 6.92 Å². The van der Waals surface area contributed by atoms with Crippen molar-refractivity contribution in [3.8, 4) is 10.9 Å². The summed E-state index contributed by atoms with van der Waals surface area (Å²) in [5, 5.41) is 0. The average Bonchev–Trinajstić information content (AvgIpc) is 1.63. The van der Waals surface area contributed by atoms with E-state index in [9.17, 15) is 0 Å². The van der Waals surface area contributed by atoms with Gasteiger partial charge in [0.05, 0.1) is 12.7 Å². The monoisotopic (exact) mass is 148 g/mol. The second kappa shape index (κ2) is 6.22. The summed E-state index contributed by atoms with van der Waals surface area (Å²) >= 11 is -1.43. The van der Waals surface area contributed by atoms with Gasteiger partial charge in [-0.2, -0.15) is 17.4 Å². The second-order valence-corrected chi connectivity index (χ2v) is 8.76. The van der Waals surface area contributed by atoms with Crippen LogP contribution in [0.5, 0.6) is 0 Å². The minimum atomic E-state index is -1.43. The van der Waals surface area contributed by atoms with Crippen LogP contribution >= 0.6 is 0 Å². The molecule has 0 fully saturated rings. The molecule has 0 unspecified atom stereocenters. The third-order valence-corrected chi connectivity index (χ3v) is 1.69. The van der Waals surface area contributed by atoms with Gasteiger partial charge in [-0.1, -0.05) is 0 Å². The molecule has 10 heavy (non-hydrogen) atoms. The van der Waals surface area contributed by atoms with E-state index in [0.29, 0.717) is 6.61 Å². The van der Waals surface area contributed by atoms with Gasteiger partial charge >= 0.3 is 18.9 Å². The Bertz CT molecular complexity index is 129. The molecule has 0 aromatic heterocycles. The topological polar surface area (TPSA) is 9.23 Å². The van der Waals surface area contributed by atoms with Gasteiger partial charge < -0.3 is 9.52 Å². The molecule has 0 saturated heterocycles. The maximum absolute atomic E-state index is 4.89. The predicted molar refractivity (Wildman–Crippen MR) is 42.7 cm³/mol. The summed E-state index contributed by atoms with van der Waals surface area (Å²) < 4.78 is 4.89. The van der Waals surface area contributed by atoms with Gasteiger partial charge in [0.25, 0.3) is 0 Å². The van der Waals surface area contributed by atoms with E-state index >= 15 is 0 Å². The summed E-state index contributed by atoms with van der Waals surface area (Å²) in [6, 6.07) is 0. The Kier molecular flexibility index (Phi) is 8.15. The van der Waals surface area contributed by atoms with Crippen molar-refractivity contribution < 1.29 is 23.6 Å². The molecule has 0 rings (SSSR count). The Hall–Kier alpha value is 0.490. The first kappa shape index (κ1) is 13.1. The number of rotatable bonds is 1. The smallest absolute Gasteiger partial charge is 0.450 e. The molecule has 0 spiro atoms. The molecule has 0 aromatic rings. The molecule has 0 aliphatic carbocycles. The fourth-order valence-electron chi connectivity index (χ4n) is 0.291. The van der Waals surface area contributed by atoms with E-state index in [1.165, 1.54) is 0 Å². The van der Waals surface area contributed by atoms with Crippen LogP contribution in [0, 0.1) is 10.9 Å². The van der Waals surface area contributed by atoms with E-state index in [2.05, 4.69) is 28.2 Å². The molecule has 0 heterocycles. The summed E-state index contributed by atoms with van der Waals surface area (Å²) in [5.74, 6) is 6.66. The number of hydrogen-bond acceptors (Lipinski definition) is 1. The molecular weight excluding hydrogens is 134 g/mol. The zero-order valence-corrected chi connectivity index (χ0v) is 8.85. The molecule has 0 amide bonds. The summed E-state index contributed by atoms with van der Waals surface area (Å²) in [7, 11) is 0. The summed E-state index contributed by atoms with van der Waals surface area (Å²) in [6.45, 7) is 2.64. The third-order valence-electron chi connectivity index (χ3n) is 0.708. The van der Waals surface area contributed by atoms with E-state index < -0.39 is 13.1 Å². The SMILES string of the molecule is CCOC#[C][Al-]([CH3])([CH3])[CH3].[Li+].